The molecule has 0 N–H and O–H groups in total. The number of thiocarbonyl (C=S) groups is 2. The van der Waals surface area contributed by atoms with Gasteiger partial charge < -0.3 is 8.83 Å². The molecule has 0 bridgehead atoms. The summed E-state index contributed by atoms with van der Waals surface area (Å²) in [6.45, 7) is 0. The quantitative estimate of drug-likeness (QED) is 0.205. The zero-order valence-electron chi connectivity index (χ0n) is 18.1. The lowest BCUT2D eigenvalue weighted by atomic mass is 10.3. The molecule has 0 radical (unpaired) electrons. The second-order valence-corrected chi connectivity index (χ2v) is 7.29. The molecule has 0 aliphatic heterocycles. The summed E-state index contributed by atoms with van der Waals surface area (Å²) in [5.74, 6) is 0.864. The number of hydrogen-bond donors (Lipinski definition) is 0. The first-order valence-electron chi connectivity index (χ1n) is 10.2. The van der Waals surface area contributed by atoms with Crippen molar-refractivity contribution in [3.05, 3.63) is 73.6 Å². The van der Waals surface area contributed by atoms with Crippen LogP contribution in [0.15, 0.2) is 92.4 Å². The molecule has 4 aromatic heterocycles. The lowest BCUT2D eigenvalue weighted by molar-refractivity contribution is 0.616. The average molecular weight is 509 g/mol. The van der Waals surface area contributed by atoms with E-state index < -0.39 is 0 Å². The third-order valence-corrected chi connectivity index (χ3v) is 4.84. The zero-order valence-corrected chi connectivity index (χ0v) is 19.8. The SMILES string of the molecule is S=C=Nc1ccc2nc(-c3cnccn3)oc2c1.S=C=Nc1ccc2oc(-c3cnccn3)nc2c1. The summed E-state index contributed by atoms with van der Waals surface area (Å²) < 4.78 is 11.2. The van der Waals surface area contributed by atoms with Gasteiger partial charge in [0.2, 0.25) is 11.8 Å². The summed E-state index contributed by atoms with van der Waals surface area (Å²) in [5, 5.41) is 4.63. The van der Waals surface area contributed by atoms with Gasteiger partial charge in [-0.25, -0.2) is 19.9 Å². The van der Waals surface area contributed by atoms with E-state index >= 15 is 0 Å². The second kappa shape index (κ2) is 10.6. The lowest BCUT2D eigenvalue weighted by Crippen LogP contribution is -1.82. The average Bonchev–Trinajstić information content (AvgIpc) is 3.54. The molecule has 6 rings (SSSR count). The Kier molecular flexibility index (Phi) is 6.74. The van der Waals surface area contributed by atoms with E-state index in [-0.39, 0.29) is 0 Å². The smallest absolute Gasteiger partial charge is 0.247 e. The van der Waals surface area contributed by atoms with Gasteiger partial charge in [0.15, 0.2) is 11.2 Å². The Bertz CT molecular complexity index is 1630. The third-order valence-electron chi connectivity index (χ3n) is 4.66. The van der Waals surface area contributed by atoms with E-state index in [1.807, 2.05) is 6.07 Å². The fourth-order valence-corrected chi connectivity index (χ4v) is 3.32. The van der Waals surface area contributed by atoms with Crippen LogP contribution in [0.5, 0.6) is 0 Å². The van der Waals surface area contributed by atoms with Crippen LogP contribution in [0.1, 0.15) is 0 Å². The Labute approximate surface area is 213 Å². The molecule has 0 aliphatic rings. The maximum Gasteiger partial charge on any atom is 0.247 e. The minimum Gasteiger partial charge on any atom is -0.435 e. The van der Waals surface area contributed by atoms with Crippen molar-refractivity contribution in [1.82, 2.24) is 29.9 Å². The van der Waals surface area contributed by atoms with Crippen LogP contribution in [-0.2, 0) is 0 Å². The van der Waals surface area contributed by atoms with Gasteiger partial charge in [0.25, 0.3) is 0 Å². The highest BCUT2D eigenvalue weighted by atomic mass is 32.1. The topological polar surface area (TPSA) is 128 Å². The summed E-state index contributed by atoms with van der Waals surface area (Å²) in [6.07, 6.45) is 9.57. The highest BCUT2D eigenvalue weighted by Gasteiger charge is 2.10. The van der Waals surface area contributed by atoms with Gasteiger partial charge in [-0.05, 0) is 54.8 Å². The minimum absolute atomic E-state index is 0.432. The van der Waals surface area contributed by atoms with Crippen molar-refractivity contribution in [1.29, 1.82) is 0 Å². The van der Waals surface area contributed by atoms with E-state index in [0.29, 0.717) is 51.2 Å². The summed E-state index contributed by atoms with van der Waals surface area (Å²) in [7, 11) is 0. The van der Waals surface area contributed by atoms with Crippen molar-refractivity contribution >= 4 is 68.3 Å². The van der Waals surface area contributed by atoms with Gasteiger partial charge in [0.1, 0.15) is 22.4 Å². The molecular weight excluding hydrogens is 496 g/mol. The van der Waals surface area contributed by atoms with Crippen molar-refractivity contribution < 1.29 is 8.83 Å². The van der Waals surface area contributed by atoms with Crippen molar-refractivity contribution in [2.45, 2.75) is 0 Å². The highest BCUT2D eigenvalue weighted by Crippen LogP contribution is 2.26. The first-order valence-corrected chi connectivity index (χ1v) is 11.0. The second-order valence-electron chi connectivity index (χ2n) is 6.93. The minimum atomic E-state index is 0.432. The number of aliphatic imine (C=N–C) groups is 2. The first-order chi connectivity index (χ1) is 17.7. The van der Waals surface area contributed by atoms with E-state index in [0.717, 1.165) is 5.52 Å². The summed E-state index contributed by atoms with van der Waals surface area (Å²) in [5.41, 5.74) is 5.28. The number of oxazole rings is 2. The molecule has 172 valence electrons. The summed E-state index contributed by atoms with van der Waals surface area (Å²) >= 11 is 9.12. The molecule has 0 spiro atoms. The number of hydrogen-bond acceptors (Lipinski definition) is 12. The first kappa shape index (κ1) is 22.9. The molecule has 0 unspecified atom stereocenters. The molecule has 0 aliphatic carbocycles. The largest absolute Gasteiger partial charge is 0.435 e. The van der Waals surface area contributed by atoms with Crippen LogP contribution in [0.3, 0.4) is 0 Å². The van der Waals surface area contributed by atoms with Gasteiger partial charge in [-0.15, -0.1) is 0 Å². The van der Waals surface area contributed by atoms with Crippen LogP contribution in [0.2, 0.25) is 0 Å². The molecule has 36 heavy (non-hydrogen) atoms. The van der Waals surface area contributed by atoms with Crippen molar-refractivity contribution in [3.63, 3.8) is 0 Å². The predicted molar refractivity (Wildman–Crippen MR) is 139 cm³/mol. The molecule has 2 aromatic carbocycles. The molecular formula is C24H12N8O2S2. The Morgan fingerprint density at radius 2 is 1.22 bits per heavy atom. The fourth-order valence-electron chi connectivity index (χ4n) is 3.11. The van der Waals surface area contributed by atoms with E-state index in [2.05, 4.69) is 74.6 Å². The molecule has 12 heteroatoms. The van der Waals surface area contributed by atoms with Crippen LogP contribution in [0.4, 0.5) is 11.4 Å². The number of nitrogens with zero attached hydrogens (tertiary/aromatic N) is 8. The molecule has 10 nitrogen and oxygen atoms in total. The fraction of sp³-hybridized carbons (Fsp3) is 0. The van der Waals surface area contributed by atoms with Crippen LogP contribution in [0, 0.1) is 0 Å². The lowest BCUT2D eigenvalue weighted by Gasteiger charge is -1.90. The number of fused-ring (bicyclic) bond motifs is 2. The van der Waals surface area contributed by atoms with Crippen molar-refractivity contribution in [2.24, 2.45) is 9.98 Å². The van der Waals surface area contributed by atoms with Crippen molar-refractivity contribution in [2.75, 3.05) is 0 Å². The molecule has 0 saturated heterocycles. The van der Waals surface area contributed by atoms with E-state index in [4.69, 9.17) is 8.83 Å². The number of benzene rings is 2. The monoisotopic (exact) mass is 508 g/mol. The Morgan fingerprint density at radius 1 is 0.639 bits per heavy atom. The third kappa shape index (κ3) is 5.12. The molecule has 6 aromatic rings. The van der Waals surface area contributed by atoms with Gasteiger partial charge in [0.05, 0.1) is 34.1 Å². The maximum atomic E-state index is 5.61. The van der Waals surface area contributed by atoms with Crippen molar-refractivity contribution in [3.8, 4) is 23.2 Å². The standard InChI is InChI=1S/2C12H6N4OS/c18-7-15-8-1-2-11-9(5-8)16-12(17-11)10-6-13-3-4-14-10;18-7-15-8-1-2-9-11(5-8)17-12(16-9)10-6-13-3-4-14-10/h2*1-6H. The van der Waals surface area contributed by atoms with Gasteiger partial charge in [-0.2, -0.15) is 9.98 Å². The molecule has 0 saturated carbocycles. The molecule has 0 fully saturated rings. The van der Waals surface area contributed by atoms with Crippen LogP contribution < -0.4 is 0 Å². The zero-order chi connectivity index (χ0) is 24.7. The summed E-state index contributed by atoms with van der Waals surface area (Å²) in [6, 6.07) is 10.7. The van der Waals surface area contributed by atoms with Crippen LogP contribution in [-0.4, -0.2) is 40.2 Å². The van der Waals surface area contributed by atoms with E-state index in [9.17, 15) is 0 Å². The normalized spacial score (nSPS) is 10.2. The van der Waals surface area contributed by atoms with Crippen LogP contribution in [0.25, 0.3) is 45.4 Å². The molecule has 0 atom stereocenters. The van der Waals surface area contributed by atoms with E-state index in [1.54, 1.807) is 67.5 Å². The predicted octanol–water partition coefficient (Wildman–Crippen LogP) is 6.04. The Morgan fingerprint density at radius 3 is 1.83 bits per heavy atom. The van der Waals surface area contributed by atoms with Gasteiger partial charge >= 0.3 is 0 Å². The maximum absolute atomic E-state index is 5.61. The summed E-state index contributed by atoms with van der Waals surface area (Å²) in [4.78, 5) is 32.7. The molecule has 0 amide bonds. The highest BCUT2D eigenvalue weighted by molar-refractivity contribution is 7.78. The van der Waals surface area contributed by atoms with Gasteiger partial charge in [0, 0.05) is 30.9 Å². The molecule has 4 heterocycles. The number of rotatable bonds is 4. The Hall–Kier alpha value is -4.86. The van der Waals surface area contributed by atoms with Gasteiger partial charge in [-0.3, -0.25) is 9.97 Å². The van der Waals surface area contributed by atoms with E-state index in [1.165, 1.54) is 0 Å². The number of aromatic nitrogens is 6. The Balaban J connectivity index is 0.000000148. The number of isothiocyanates is 2. The van der Waals surface area contributed by atoms with Gasteiger partial charge in [-0.1, -0.05) is 0 Å². The van der Waals surface area contributed by atoms with Crippen LogP contribution >= 0.6 is 24.4 Å².